The molecule has 2 N–H and O–H groups in total. The van der Waals surface area contributed by atoms with Crippen LogP contribution in [0.5, 0.6) is 0 Å². The molecule has 0 spiro atoms. The monoisotopic (exact) mass is 240 g/mol. The second-order valence-electron chi connectivity index (χ2n) is 5.98. The lowest BCUT2D eigenvalue weighted by Gasteiger charge is -2.42. The summed E-state index contributed by atoms with van der Waals surface area (Å²) >= 11 is 0. The highest BCUT2D eigenvalue weighted by atomic mass is 16.3. The predicted molar refractivity (Wildman–Crippen MR) is 71.1 cm³/mol. The second kappa shape index (κ2) is 5.68. The molecule has 3 heteroatoms. The molecule has 2 rings (SSSR count). The van der Waals surface area contributed by atoms with Gasteiger partial charge < -0.3 is 10.4 Å². The summed E-state index contributed by atoms with van der Waals surface area (Å²) < 4.78 is 0. The van der Waals surface area contributed by atoms with Crippen LogP contribution in [0.15, 0.2) is 0 Å². The number of rotatable bonds is 5. The lowest BCUT2D eigenvalue weighted by atomic mass is 9.95. The van der Waals surface area contributed by atoms with Crippen LogP contribution in [0.3, 0.4) is 0 Å². The molecule has 2 aliphatic heterocycles. The molecule has 0 amide bonds. The molecule has 0 saturated carbocycles. The van der Waals surface area contributed by atoms with Crippen molar-refractivity contribution in [3.05, 3.63) is 0 Å². The van der Waals surface area contributed by atoms with E-state index >= 15 is 0 Å². The van der Waals surface area contributed by atoms with Gasteiger partial charge in [0.15, 0.2) is 0 Å². The Bertz CT molecular complexity index is 232. The number of fused-ring (bicyclic) bond motifs is 2. The highest BCUT2D eigenvalue weighted by Crippen LogP contribution is 2.31. The number of nitrogens with zero attached hydrogens (tertiary/aromatic N) is 1. The minimum Gasteiger partial charge on any atom is -0.392 e. The van der Waals surface area contributed by atoms with Gasteiger partial charge in [-0.2, -0.15) is 0 Å². The normalized spacial score (nSPS) is 36.2. The third-order valence-corrected chi connectivity index (χ3v) is 4.62. The molecule has 4 atom stereocenters. The van der Waals surface area contributed by atoms with Crippen LogP contribution >= 0.6 is 0 Å². The summed E-state index contributed by atoms with van der Waals surface area (Å²) in [7, 11) is 0. The van der Waals surface area contributed by atoms with Gasteiger partial charge in [0.05, 0.1) is 6.10 Å². The fourth-order valence-corrected chi connectivity index (χ4v) is 3.55. The average Bonchev–Trinajstić information content (AvgIpc) is 2.64. The van der Waals surface area contributed by atoms with E-state index < -0.39 is 0 Å². The fraction of sp³-hybridized carbons (Fsp3) is 1.00. The van der Waals surface area contributed by atoms with E-state index in [4.69, 9.17) is 0 Å². The molecule has 4 unspecified atom stereocenters. The maximum Gasteiger partial charge on any atom is 0.0664 e. The molecule has 0 aromatic rings. The Balaban J connectivity index is 2.00. The van der Waals surface area contributed by atoms with E-state index in [-0.39, 0.29) is 12.1 Å². The molecular weight excluding hydrogens is 212 g/mol. The molecule has 17 heavy (non-hydrogen) atoms. The van der Waals surface area contributed by atoms with E-state index in [9.17, 15) is 5.11 Å². The smallest absolute Gasteiger partial charge is 0.0664 e. The van der Waals surface area contributed by atoms with Crippen LogP contribution in [-0.2, 0) is 0 Å². The van der Waals surface area contributed by atoms with Gasteiger partial charge in [-0.3, -0.25) is 4.90 Å². The number of piperidine rings is 1. The maximum atomic E-state index is 9.84. The van der Waals surface area contributed by atoms with Gasteiger partial charge in [0, 0.05) is 24.2 Å². The quantitative estimate of drug-likeness (QED) is 0.768. The Hall–Kier alpha value is -0.120. The topological polar surface area (TPSA) is 35.5 Å². The van der Waals surface area contributed by atoms with Crippen LogP contribution in [0.25, 0.3) is 0 Å². The van der Waals surface area contributed by atoms with Crippen molar-refractivity contribution in [2.45, 2.75) is 83.1 Å². The van der Waals surface area contributed by atoms with Crippen molar-refractivity contribution in [2.75, 3.05) is 6.54 Å². The first-order valence-corrected chi connectivity index (χ1v) is 7.31. The third-order valence-electron chi connectivity index (χ3n) is 4.62. The number of hydrogen-bond donors (Lipinski definition) is 2. The highest BCUT2D eigenvalue weighted by Gasteiger charge is 2.37. The van der Waals surface area contributed by atoms with E-state index in [1.807, 2.05) is 6.92 Å². The molecule has 100 valence electrons. The summed E-state index contributed by atoms with van der Waals surface area (Å²) in [5.41, 5.74) is 0. The van der Waals surface area contributed by atoms with E-state index in [0.29, 0.717) is 6.04 Å². The van der Waals surface area contributed by atoms with Crippen LogP contribution in [0.2, 0.25) is 0 Å². The standard InChI is InChI=1S/C14H28N2O/c1-4-7-16(10(2)11(3)17)14-8-12-5-6-13(9-14)15-12/h10-15,17H,4-9H2,1-3H3. The number of aliphatic hydroxyl groups excluding tert-OH is 1. The van der Waals surface area contributed by atoms with E-state index in [2.05, 4.69) is 24.1 Å². The number of aliphatic hydroxyl groups is 1. The van der Waals surface area contributed by atoms with E-state index in [1.165, 1.54) is 32.1 Å². The molecule has 0 aliphatic carbocycles. The van der Waals surface area contributed by atoms with Crippen molar-refractivity contribution < 1.29 is 5.11 Å². The molecule has 3 nitrogen and oxygen atoms in total. The van der Waals surface area contributed by atoms with E-state index in [0.717, 1.165) is 18.6 Å². The molecule has 0 aromatic carbocycles. The van der Waals surface area contributed by atoms with Crippen molar-refractivity contribution in [3.63, 3.8) is 0 Å². The number of hydrogen-bond acceptors (Lipinski definition) is 3. The van der Waals surface area contributed by atoms with Crippen molar-refractivity contribution in [2.24, 2.45) is 0 Å². The fourth-order valence-electron chi connectivity index (χ4n) is 3.55. The van der Waals surface area contributed by atoms with Crippen molar-refractivity contribution >= 4 is 0 Å². The summed E-state index contributed by atoms with van der Waals surface area (Å²) in [6.45, 7) is 7.45. The van der Waals surface area contributed by atoms with Gasteiger partial charge in [-0.05, 0) is 52.5 Å². The molecule has 2 fully saturated rings. The maximum absolute atomic E-state index is 9.84. The molecule has 0 radical (unpaired) electrons. The first-order valence-electron chi connectivity index (χ1n) is 7.31. The Morgan fingerprint density at radius 3 is 2.29 bits per heavy atom. The molecule has 2 bridgehead atoms. The van der Waals surface area contributed by atoms with Crippen LogP contribution in [0.1, 0.15) is 52.9 Å². The van der Waals surface area contributed by atoms with Crippen LogP contribution in [0, 0.1) is 0 Å². The van der Waals surface area contributed by atoms with Crippen LogP contribution < -0.4 is 5.32 Å². The minimum atomic E-state index is -0.228. The van der Waals surface area contributed by atoms with Crippen LogP contribution in [-0.4, -0.2) is 46.8 Å². The first-order chi connectivity index (χ1) is 8.11. The van der Waals surface area contributed by atoms with Crippen molar-refractivity contribution in [1.82, 2.24) is 10.2 Å². The Morgan fingerprint density at radius 2 is 1.82 bits per heavy atom. The Labute approximate surface area is 106 Å². The Morgan fingerprint density at radius 1 is 1.24 bits per heavy atom. The largest absolute Gasteiger partial charge is 0.392 e. The molecule has 2 saturated heterocycles. The zero-order chi connectivity index (χ0) is 12.4. The lowest BCUT2D eigenvalue weighted by Crippen LogP contribution is -2.53. The van der Waals surface area contributed by atoms with Gasteiger partial charge in [-0.15, -0.1) is 0 Å². The van der Waals surface area contributed by atoms with Gasteiger partial charge in [0.2, 0.25) is 0 Å². The second-order valence-corrected chi connectivity index (χ2v) is 5.98. The summed E-state index contributed by atoms with van der Waals surface area (Å²) in [5, 5.41) is 13.5. The minimum absolute atomic E-state index is 0.228. The summed E-state index contributed by atoms with van der Waals surface area (Å²) in [5.74, 6) is 0. The first kappa shape index (κ1) is 13.3. The summed E-state index contributed by atoms with van der Waals surface area (Å²) in [6.07, 6.45) is 6.19. The lowest BCUT2D eigenvalue weighted by molar-refractivity contribution is 0.0268. The third kappa shape index (κ3) is 3.01. The zero-order valence-corrected chi connectivity index (χ0v) is 11.5. The van der Waals surface area contributed by atoms with E-state index in [1.54, 1.807) is 0 Å². The Kier molecular flexibility index (Phi) is 4.45. The van der Waals surface area contributed by atoms with Crippen molar-refractivity contribution in [3.8, 4) is 0 Å². The van der Waals surface area contributed by atoms with Crippen LogP contribution in [0.4, 0.5) is 0 Å². The molecule has 0 aromatic heterocycles. The van der Waals surface area contributed by atoms with Gasteiger partial charge >= 0.3 is 0 Å². The van der Waals surface area contributed by atoms with Gasteiger partial charge in [-0.25, -0.2) is 0 Å². The number of nitrogens with one attached hydrogen (secondary N) is 1. The zero-order valence-electron chi connectivity index (χ0n) is 11.5. The SMILES string of the molecule is CCCN(C1CC2CCC(C1)N2)C(C)C(C)O. The molecular formula is C14H28N2O. The van der Waals surface area contributed by atoms with Gasteiger partial charge in [0.25, 0.3) is 0 Å². The summed E-state index contributed by atoms with van der Waals surface area (Å²) in [6, 6.07) is 2.44. The van der Waals surface area contributed by atoms with Crippen molar-refractivity contribution in [1.29, 1.82) is 0 Å². The predicted octanol–water partition coefficient (Wildman–Crippen LogP) is 1.75. The molecule has 2 aliphatic rings. The van der Waals surface area contributed by atoms with Gasteiger partial charge in [0.1, 0.15) is 0 Å². The van der Waals surface area contributed by atoms with Gasteiger partial charge in [-0.1, -0.05) is 6.92 Å². The highest BCUT2D eigenvalue weighted by molar-refractivity contribution is 4.96. The average molecular weight is 240 g/mol. The summed E-state index contributed by atoms with van der Waals surface area (Å²) in [4.78, 5) is 2.55. The molecule has 2 heterocycles.